The van der Waals surface area contributed by atoms with Gasteiger partial charge >= 0.3 is 6.18 Å². The Labute approximate surface area is 209 Å². The summed E-state index contributed by atoms with van der Waals surface area (Å²) in [6.07, 6.45) is 1.70. The first-order valence-electron chi connectivity index (χ1n) is 12.3. The molecule has 4 rings (SSSR count). The lowest BCUT2D eigenvalue weighted by Crippen LogP contribution is -2.29. The van der Waals surface area contributed by atoms with Gasteiger partial charge in [-0.3, -0.25) is 4.84 Å². The Hall–Kier alpha value is -3.33. The Kier molecular flexibility index (Phi) is 8.30. The van der Waals surface area contributed by atoms with Crippen LogP contribution < -0.4 is 15.1 Å². The summed E-state index contributed by atoms with van der Waals surface area (Å²) in [5, 5.41) is 4.28. The third-order valence-electron chi connectivity index (χ3n) is 6.10. The van der Waals surface area contributed by atoms with Crippen LogP contribution in [0.3, 0.4) is 0 Å². The van der Waals surface area contributed by atoms with E-state index >= 15 is 0 Å². The van der Waals surface area contributed by atoms with Crippen LogP contribution in [0.2, 0.25) is 0 Å². The van der Waals surface area contributed by atoms with Crippen LogP contribution in [0.5, 0.6) is 5.75 Å². The minimum atomic E-state index is -4.66. The van der Waals surface area contributed by atoms with E-state index < -0.39 is 11.7 Å². The molecule has 3 aromatic rings. The maximum Gasteiger partial charge on any atom is 0.421 e. The molecule has 1 aliphatic carbocycles. The fourth-order valence-corrected chi connectivity index (χ4v) is 3.98. The van der Waals surface area contributed by atoms with Gasteiger partial charge in [0.1, 0.15) is 17.1 Å². The van der Waals surface area contributed by atoms with Crippen molar-refractivity contribution in [2.45, 2.75) is 70.8 Å². The van der Waals surface area contributed by atoms with Crippen LogP contribution in [0.25, 0.3) is 0 Å². The molecule has 1 heterocycles. The summed E-state index contributed by atoms with van der Waals surface area (Å²) in [5.41, 5.74) is 0.0389. The molecule has 192 valence electrons. The molecule has 0 saturated heterocycles. The molecule has 1 fully saturated rings. The zero-order chi connectivity index (χ0) is 25.5. The minimum Gasteiger partial charge on any atom is -0.489 e. The number of hydrogen-bond donors (Lipinski definition) is 1. The number of para-hydroxylation sites is 3. The SMILES string of the molecule is CCC(C)Oc1ccccc1Nc1nc(N(OC2CCCCC2)c2ccccc2)ncc1C(F)(F)F. The molecule has 1 atom stereocenters. The van der Waals surface area contributed by atoms with Crippen molar-refractivity contribution in [2.75, 3.05) is 10.4 Å². The van der Waals surface area contributed by atoms with Gasteiger partial charge in [0.2, 0.25) is 0 Å². The average molecular weight is 501 g/mol. The maximum atomic E-state index is 13.9. The second-order valence-electron chi connectivity index (χ2n) is 8.88. The number of rotatable bonds is 9. The van der Waals surface area contributed by atoms with Gasteiger partial charge in [0.15, 0.2) is 0 Å². The van der Waals surface area contributed by atoms with Gasteiger partial charge in [-0.1, -0.05) is 56.5 Å². The van der Waals surface area contributed by atoms with Gasteiger partial charge in [0.05, 0.1) is 23.6 Å². The number of halogens is 3. The van der Waals surface area contributed by atoms with E-state index in [0.717, 1.165) is 44.7 Å². The topological polar surface area (TPSA) is 59.5 Å². The first-order valence-corrected chi connectivity index (χ1v) is 12.3. The Bertz CT molecular complexity index is 1120. The second kappa shape index (κ2) is 11.6. The third-order valence-corrected chi connectivity index (χ3v) is 6.10. The molecule has 6 nitrogen and oxygen atoms in total. The van der Waals surface area contributed by atoms with Crippen molar-refractivity contribution in [3.05, 3.63) is 66.4 Å². The largest absolute Gasteiger partial charge is 0.489 e. The number of benzene rings is 2. The van der Waals surface area contributed by atoms with E-state index in [2.05, 4.69) is 15.3 Å². The van der Waals surface area contributed by atoms with Gasteiger partial charge in [-0.2, -0.15) is 23.2 Å². The number of anilines is 4. The van der Waals surface area contributed by atoms with Crippen LogP contribution in [0.4, 0.5) is 36.3 Å². The highest BCUT2D eigenvalue weighted by atomic mass is 19.4. The van der Waals surface area contributed by atoms with Crippen molar-refractivity contribution in [1.82, 2.24) is 9.97 Å². The van der Waals surface area contributed by atoms with E-state index in [-0.39, 0.29) is 24.0 Å². The first kappa shape index (κ1) is 25.8. The van der Waals surface area contributed by atoms with Gasteiger partial charge in [-0.15, -0.1) is 0 Å². The summed E-state index contributed by atoms with van der Waals surface area (Å²) >= 11 is 0. The summed E-state index contributed by atoms with van der Waals surface area (Å²) in [6, 6.07) is 16.0. The number of aromatic nitrogens is 2. The van der Waals surface area contributed by atoms with Gasteiger partial charge in [0, 0.05) is 6.20 Å². The Morgan fingerprint density at radius 1 is 1.03 bits per heavy atom. The van der Waals surface area contributed by atoms with Gasteiger partial charge in [-0.05, 0) is 50.5 Å². The van der Waals surface area contributed by atoms with Crippen LogP contribution in [0.1, 0.15) is 57.9 Å². The average Bonchev–Trinajstić information content (AvgIpc) is 2.89. The summed E-state index contributed by atoms with van der Waals surface area (Å²) in [6.45, 7) is 3.88. The van der Waals surface area contributed by atoms with Gasteiger partial charge in [0.25, 0.3) is 5.95 Å². The number of hydrogen-bond acceptors (Lipinski definition) is 6. The summed E-state index contributed by atoms with van der Waals surface area (Å²) in [5.74, 6) is 0.0852. The quantitative estimate of drug-likeness (QED) is 0.302. The lowest BCUT2D eigenvalue weighted by molar-refractivity contribution is -0.137. The lowest BCUT2D eigenvalue weighted by atomic mass is 9.98. The smallest absolute Gasteiger partial charge is 0.421 e. The zero-order valence-corrected chi connectivity index (χ0v) is 20.5. The molecular formula is C27H31F3N4O2. The first-order chi connectivity index (χ1) is 17.3. The lowest BCUT2D eigenvalue weighted by Gasteiger charge is -2.30. The molecule has 0 spiro atoms. The van der Waals surface area contributed by atoms with E-state index in [0.29, 0.717) is 17.1 Å². The van der Waals surface area contributed by atoms with E-state index in [1.165, 1.54) is 5.06 Å². The standard InChI is InChI=1S/C27H31F3N4O2/c1-3-19(2)35-24-17-11-10-16-23(24)32-25-22(27(28,29)30)18-31-26(33-25)34(20-12-6-4-7-13-20)36-21-14-8-5-9-15-21/h4,6-7,10-13,16-19,21H,3,5,8-9,14-15H2,1-2H3,(H,31,32,33). The monoisotopic (exact) mass is 500 g/mol. The van der Waals surface area contributed by atoms with Crippen LogP contribution in [-0.4, -0.2) is 22.2 Å². The molecule has 9 heteroatoms. The highest BCUT2D eigenvalue weighted by molar-refractivity contribution is 5.67. The Morgan fingerprint density at radius 3 is 2.42 bits per heavy atom. The van der Waals surface area contributed by atoms with Gasteiger partial charge in [-0.25, -0.2) is 4.98 Å². The van der Waals surface area contributed by atoms with E-state index in [1.54, 1.807) is 24.3 Å². The molecule has 1 aliphatic rings. The maximum absolute atomic E-state index is 13.9. The highest BCUT2D eigenvalue weighted by Gasteiger charge is 2.36. The summed E-state index contributed by atoms with van der Waals surface area (Å²) < 4.78 is 47.8. The van der Waals surface area contributed by atoms with Crippen molar-refractivity contribution < 1.29 is 22.7 Å². The molecule has 0 amide bonds. The zero-order valence-electron chi connectivity index (χ0n) is 20.5. The third kappa shape index (κ3) is 6.46. The molecule has 36 heavy (non-hydrogen) atoms. The van der Waals surface area contributed by atoms with Crippen LogP contribution >= 0.6 is 0 Å². The van der Waals surface area contributed by atoms with Crippen LogP contribution in [-0.2, 0) is 11.0 Å². The minimum absolute atomic E-state index is 0.0163. The van der Waals surface area contributed by atoms with Crippen LogP contribution in [0.15, 0.2) is 60.8 Å². The molecule has 0 bridgehead atoms. The Balaban J connectivity index is 1.73. The molecule has 1 N–H and O–H groups in total. The molecule has 1 saturated carbocycles. The van der Waals surface area contributed by atoms with Gasteiger partial charge < -0.3 is 10.1 Å². The van der Waals surface area contributed by atoms with E-state index in [4.69, 9.17) is 9.57 Å². The normalized spacial score (nSPS) is 15.4. The predicted octanol–water partition coefficient (Wildman–Crippen LogP) is 7.82. The van der Waals surface area contributed by atoms with Crippen molar-refractivity contribution >= 4 is 23.1 Å². The second-order valence-corrected chi connectivity index (χ2v) is 8.88. The van der Waals surface area contributed by atoms with Crippen molar-refractivity contribution in [2.24, 2.45) is 0 Å². The van der Waals surface area contributed by atoms with Crippen molar-refractivity contribution in [1.29, 1.82) is 0 Å². The van der Waals surface area contributed by atoms with E-state index in [9.17, 15) is 13.2 Å². The fraction of sp³-hybridized carbons (Fsp3) is 0.407. The van der Waals surface area contributed by atoms with Crippen LogP contribution in [0, 0.1) is 0 Å². The van der Waals surface area contributed by atoms with Crippen molar-refractivity contribution in [3.63, 3.8) is 0 Å². The fourth-order valence-electron chi connectivity index (χ4n) is 3.98. The van der Waals surface area contributed by atoms with E-state index in [1.807, 2.05) is 44.2 Å². The number of alkyl halides is 3. The molecule has 1 aromatic heterocycles. The molecule has 0 radical (unpaired) electrons. The number of ether oxygens (including phenoxy) is 1. The Morgan fingerprint density at radius 2 is 1.72 bits per heavy atom. The summed E-state index contributed by atoms with van der Waals surface area (Å²) in [4.78, 5) is 14.7. The molecule has 1 unspecified atom stereocenters. The molecule has 2 aromatic carbocycles. The predicted molar refractivity (Wildman–Crippen MR) is 134 cm³/mol. The summed E-state index contributed by atoms with van der Waals surface area (Å²) in [7, 11) is 0. The highest BCUT2D eigenvalue weighted by Crippen LogP contribution is 2.38. The van der Waals surface area contributed by atoms with Crippen molar-refractivity contribution in [3.8, 4) is 5.75 Å². The number of nitrogens with one attached hydrogen (secondary N) is 1. The molecule has 0 aliphatic heterocycles. The number of nitrogens with zero attached hydrogens (tertiary/aromatic N) is 3. The molecular weight excluding hydrogens is 469 g/mol.